The molecule has 0 radical (unpaired) electrons. The van der Waals surface area contributed by atoms with Gasteiger partial charge in [0.05, 0.1) is 31.4 Å². The van der Waals surface area contributed by atoms with Crippen molar-refractivity contribution in [3.8, 4) is 0 Å². The number of nitrogens with one attached hydrogen (secondary N) is 1. The van der Waals surface area contributed by atoms with Crippen LogP contribution in [0.5, 0.6) is 0 Å². The molecule has 4 saturated heterocycles. The Labute approximate surface area is 409 Å². The summed E-state index contributed by atoms with van der Waals surface area (Å²) in [6.07, 6.45) is 4.97. The standard InChI is InChI=1S/C56H63N3O11/c1-54(2,3)67-46(61)29-27-41(34-60)57-51(62)42(30-36-14-8-5-9-15-36)58(4)53(64)55-32-45-47-48(69-56(68-47,39-16-10-6-11-17-39)40-18-12-7-13-19-40)50(55)70-59(49(55)52(63)66-45)33-38-24-21-35(22-25-38)20-23-37-26-28-43-44(31-37)65-43/h5-25,37,41-45,47-50,60H,26-34H2,1-4H3,(H,57,62). The predicted molar refractivity (Wildman–Crippen MR) is 257 cm³/mol. The Morgan fingerprint density at radius 2 is 1.51 bits per heavy atom. The highest BCUT2D eigenvalue weighted by Gasteiger charge is 2.77. The van der Waals surface area contributed by atoms with Gasteiger partial charge in [-0.3, -0.25) is 24.0 Å². The van der Waals surface area contributed by atoms with E-state index in [1.165, 1.54) is 4.90 Å². The Morgan fingerprint density at radius 3 is 2.16 bits per heavy atom. The molecule has 0 spiro atoms. The van der Waals surface area contributed by atoms with E-state index in [0.717, 1.165) is 36.0 Å². The number of carbonyl (C=O) groups is 4. The summed E-state index contributed by atoms with van der Waals surface area (Å²) in [7, 11) is 1.57. The van der Waals surface area contributed by atoms with E-state index in [1.807, 2.05) is 115 Å². The van der Waals surface area contributed by atoms with Gasteiger partial charge in [0.15, 0.2) is 6.04 Å². The minimum Gasteiger partial charge on any atom is -0.460 e. The maximum absolute atomic E-state index is 16.0. The number of nitrogens with zero attached hydrogens (tertiary/aromatic N) is 2. The summed E-state index contributed by atoms with van der Waals surface area (Å²) < 4.78 is 31.9. The van der Waals surface area contributed by atoms with Crippen LogP contribution in [-0.2, 0) is 66.5 Å². The lowest BCUT2D eigenvalue weighted by Gasteiger charge is -2.50. The molecule has 10 rings (SSSR count). The topological polar surface area (TPSA) is 166 Å². The summed E-state index contributed by atoms with van der Waals surface area (Å²) in [6.45, 7) is 5.00. The van der Waals surface area contributed by atoms with Crippen LogP contribution in [0.4, 0.5) is 0 Å². The number of aliphatic hydroxyl groups is 1. The van der Waals surface area contributed by atoms with E-state index < -0.39 is 89.7 Å². The first kappa shape index (κ1) is 47.9. The normalized spacial score (nSPS) is 29.3. The van der Waals surface area contributed by atoms with Crippen molar-refractivity contribution >= 4 is 29.8 Å². The third-order valence-electron chi connectivity index (χ3n) is 14.8. The van der Waals surface area contributed by atoms with E-state index >= 15 is 4.79 Å². The van der Waals surface area contributed by atoms with Gasteiger partial charge in [-0.05, 0) is 69.1 Å². The van der Waals surface area contributed by atoms with Crippen molar-refractivity contribution in [2.24, 2.45) is 11.3 Å². The molecule has 2 N–H and O–H groups in total. The van der Waals surface area contributed by atoms with Gasteiger partial charge < -0.3 is 39.0 Å². The number of amides is 2. The number of likely N-dealkylation sites (N-methyl/N-ethyl adjacent to an activating group) is 1. The lowest BCUT2D eigenvalue weighted by molar-refractivity contribution is -0.214. The molecule has 14 nitrogen and oxygen atoms in total. The van der Waals surface area contributed by atoms with E-state index in [2.05, 4.69) is 17.5 Å². The molecule has 14 heteroatoms. The molecule has 4 heterocycles. The molecule has 2 bridgehead atoms. The quantitative estimate of drug-likeness (QED) is 0.0937. The van der Waals surface area contributed by atoms with Crippen molar-refractivity contribution in [2.75, 3.05) is 13.7 Å². The molecule has 2 aliphatic carbocycles. The lowest BCUT2D eigenvalue weighted by Crippen LogP contribution is -2.70. The second kappa shape index (κ2) is 19.5. The fourth-order valence-electron chi connectivity index (χ4n) is 11.3. The zero-order valence-electron chi connectivity index (χ0n) is 40.2. The molecule has 11 atom stereocenters. The smallest absolute Gasteiger partial charge is 0.327 e. The Balaban J connectivity index is 0.987. The van der Waals surface area contributed by atoms with Crippen LogP contribution >= 0.6 is 0 Å². The van der Waals surface area contributed by atoms with Gasteiger partial charge >= 0.3 is 11.9 Å². The number of fused-ring (bicyclic) bond motifs is 5. The van der Waals surface area contributed by atoms with Crippen molar-refractivity contribution in [3.05, 3.63) is 149 Å². The first-order valence-corrected chi connectivity index (χ1v) is 24.7. The highest BCUT2D eigenvalue weighted by atomic mass is 16.8. The van der Waals surface area contributed by atoms with Crippen LogP contribution in [0.1, 0.15) is 87.1 Å². The number of hydrogen-bond acceptors (Lipinski definition) is 12. The number of benzene rings is 4. The van der Waals surface area contributed by atoms with Gasteiger partial charge in [-0.1, -0.05) is 127 Å². The predicted octanol–water partition coefficient (Wildman–Crippen LogP) is 6.42. The molecule has 0 aromatic heterocycles. The molecule has 6 aliphatic rings. The van der Waals surface area contributed by atoms with Gasteiger partial charge in [-0.2, -0.15) is 5.06 Å². The number of hydrogen-bond donors (Lipinski definition) is 2. The average molecular weight is 954 g/mol. The van der Waals surface area contributed by atoms with Crippen LogP contribution in [0.3, 0.4) is 0 Å². The third kappa shape index (κ3) is 9.45. The van der Waals surface area contributed by atoms with E-state index in [1.54, 1.807) is 32.9 Å². The number of carbonyl (C=O) groups excluding carboxylic acids is 4. The molecule has 4 aromatic carbocycles. The van der Waals surface area contributed by atoms with Gasteiger partial charge in [0.2, 0.25) is 17.6 Å². The zero-order chi connectivity index (χ0) is 48.8. The van der Waals surface area contributed by atoms with E-state index in [0.29, 0.717) is 29.3 Å². The van der Waals surface area contributed by atoms with Crippen molar-refractivity contribution < 1.29 is 52.8 Å². The van der Waals surface area contributed by atoms with Crippen LogP contribution in [0.15, 0.2) is 121 Å². The highest BCUT2D eigenvalue weighted by molar-refractivity contribution is 5.96. The monoisotopic (exact) mass is 953 g/mol. The van der Waals surface area contributed by atoms with Crippen molar-refractivity contribution in [2.45, 2.75) is 138 Å². The van der Waals surface area contributed by atoms with Crippen LogP contribution in [0.2, 0.25) is 0 Å². The highest BCUT2D eigenvalue weighted by Crippen LogP contribution is 2.60. The van der Waals surface area contributed by atoms with Crippen LogP contribution in [0, 0.1) is 11.3 Å². The Bertz CT molecular complexity index is 2510. The number of hydroxylamine groups is 2. The third-order valence-corrected chi connectivity index (χ3v) is 14.8. The fourth-order valence-corrected chi connectivity index (χ4v) is 11.3. The van der Waals surface area contributed by atoms with Gasteiger partial charge in [0.25, 0.3) is 0 Å². The van der Waals surface area contributed by atoms with Crippen LogP contribution in [-0.4, -0.2) is 113 Å². The van der Waals surface area contributed by atoms with Crippen molar-refractivity contribution in [1.82, 2.24) is 15.3 Å². The molecular weight excluding hydrogens is 891 g/mol. The number of aliphatic hydroxyl groups excluding tert-OH is 1. The second-order valence-electron chi connectivity index (χ2n) is 20.8. The average Bonchev–Trinajstić information content (AvgIpc) is 3.88. The molecule has 2 amide bonds. The Morgan fingerprint density at radius 1 is 0.857 bits per heavy atom. The number of epoxide rings is 1. The van der Waals surface area contributed by atoms with Crippen LogP contribution in [0.25, 0.3) is 6.08 Å². The maximum atomic E-state index is 16.0. The molecular formula is C56H63N3O11. The van der Waals surface area contributed by atoms with Crippen molar-refractivity contribution in [1.29, 1.82) is 0 Å². The molecule has 4 aliphatic heterocycles. The van der Waals surface area contributed by atoms with Crippen LogP contribution < -0.4 is 5.32 Å². The minimum absolute atomic E-state index is 0.0320. The maximum Gasteiger partial charge on any atom is 0.327 e. The van der Waals surface area contributed by atoms with E-state index in [-0.39, 0.29) is 32.2 Å². The number of esters is 2. The van der Waals surface area contributed by atoms with Gasteiger partial charge in [0, 0.05) is 37.4 Å². The number of allylic oxidation sites excluding steroid dienone is 1. The van der Waals surface area contributed by atoms with E-state index in [4.69, 9.17) is 28.5 Å². The molecule has 2 saturated carbocycles. The van der Waals surface area contributed by atoms with Gasteiger partial charge in [-0.25, -0.2) is 0 Å². The lowest BCUT2D eigenvalue weighted by atomic mass is 9.62. The Kier molecular flexibility index (Phi) is 13.3. The fraction of sp³-hybridized carbons (Fsp3) is 0.464. The van der Waals surface area contributed by atoms with Gasteiger partial charge in [0.1, 0.15) is 41.5 Å². The molecule has 6 fully saturated rings. The zero-order valence-corrected chi connectivity index (χ0v) is 40.2. The summed E-state index contributed by atoms with van der Waals surface area (Å²) in [4.78, 5) is 66.6. The molecule has 4 aromatic rings. The van der Waals surface area contributed by atoms with Crippen molar-refractivity contribution in [3.63, 3.8) is 0 Å². The minimum atomic E-state index is -1.61. The second-order valence-corrected chi connectivity index (χ2v) is 20.8. The first-order valence-electron chi connectivity index (χ1n) is 24.7. The molecule has 368 valence electrons. The summed E-state index contributed by atoms with van der Waals surface area (Å²) in [5.41, 5.74) is 1.79. The number of rotatable bonds is 16. The summed E-state index contributed by atoms with van der Waals surface area (Å²) in [5.74, 6) is -3.11. The SMILES string of the molecule is CN(C(=O)C12CC3OC(=O)C1N(Cc1ccc(C=CC4CCC5OC5C4)cc1)OC2C1OC(c2ccccc2)(c2ccccc2)OC31)C(Cc1ccccc1)C(=O)NC(CO)CCC(=O)OC(C)(C)C. The summed E-state index contributed by atoms with van der Waals surface area (Å²) in [6, 6.07) is 33.4. The summed E-state index contributed by atoms with van der Waals surface area (Å²) in [5, 5.41) is 15.0. The first-order chi connectivity index (χ1) is 33.7. The molecule has 70 heavy (non-hydrogen) atoms. The number of ether oxygens (including phenoxy) is 5. The van der Waals surface area contributed by atoms with Gasteiger partial charge in [-0.15, -0.1) is 0 Å². The van der Waals surface area contributed by atoms with E-state index in [9.17, 15) is 19.5 Å². The molecule has 11 unspecified atom stereocenters. The summed E-state index contributed by atoms with van der Waals surface area (Å²) >= 11 is 0. The largest absolute Gasteiger partial charge is 0.460 e. The Hall–Kier alpha value is -5.74.